The molecule has 0 saturated heterocycles. The first kappa shape index (κ1) is 22.9. The molecular formula is C21H22BF2NO6. The van der Waals surface area contributed by atoms with E-state index in [1.807, 2.05) is 0 Å². The maximum atomic E-state index is 13.3. The van der Waals surface area contributed by atoms with Crippen LogP contribution in [-0.2, 0) is 27.4 Å². The molecule has 2 aromatic carbocycles. The van der Waals surface area contributed by atoms with E-state index < -0.39 is 42.3 Å². The summed E-state index contributed by atoms with van der Waals surface area (Å²) in [4.78, 5) is 25.4. The predicted molar refractivity (Wildman–Crippen MR) is 107 cm³/mol. The van der Waals surface area contributed by atoms with Gasteiger partial charge in [-0.15, -0.1) is 0 Å². The van der Waals surface area contributed by atoms with Crippen LogP contribution in [0.5, 0.6) is 0 Å². The first-order valence-electron chi connectivity index (χ1n) is 9.55. The second-order valence-corrected chi connectivity index (χ2v) is 7.89. The number of carbonyl (C=O) groups excluding carboxylic acids is 2. The minimum Gasteiger partial charge on any atom is -0.459 e. The van der Waals surface area contributed by atoms with Crippen LogP contribution in [0.25, 0.3) is 0 Å². The van der Waals surface area contributed by atoms with Crippen molar-refractivity contribution in [2.75, 3.05) is 0 Å². The van der Waals surface area contributed by atoms with Crippen molar-refractivity contribution in [1.29, 1.82) is 0 Å². The molecule has 31 heavy (non-hydrogen) atoms. The van der Waals surface area contributed by atoms with Gasteiger partial charge in [0.15, 0.2) is 17.7 Å². The number of aliphatic hydroxyl groups is 1. The Morgan fingerprint density at radius 1 is 1.26 bits per heavy atom. The first-order chi connectivity index (χ1) is 14.5. The van der Waals surface area contributed by atoms with E-state index >= 15 is 0 Å². The van der Waals surface area contributed by atoms with Crippen molar-refractivity contribution in [1.82, 2.24) is 5.32 Å². The molecule has 2 aromatic rings. The van der Waals surface area contributed by atoms with Crippen molar-refractivity contribution in [3.63, 3.8) is 0 Å². The highest BCUT2D eigenvalue weighted by molar-refractivity contribution is 6.62. The van der Waals surface area contributed by atoms with Crippen LogP contribution in [0.3, 0.4) is 0 Å². The molecule has 0 radical (unpaired) electrons. The largest absolute Gasteiger partial charge is 0.492 e. The Hall–Kier alpha value is -2.82. The standard InChI is InChI=1S/C21H22BF2NO6/c1-11-14(6-5-13-10-31-22(29)17(11)13)19(26)25-18(21(2,3)28)20(27)30-9-12-4-7-15(23)16(24)8-12/h4-8,18,28-29H,9-10H2,1-3H3,(H,25,26). The second kappa shape index (κ2) is 8.74. The number of hydrogen-bond acceptors (Lipinski definition) is 6. The van der Waals surface area contributed by atoms with E-state index in [1.165, 1.54) is 19.9 Å². The molecular weight excluding hydrogens is 411 g/mol. The van der Waals surface area contributed by atoms with Crippen LogP contribution in [-0.4, -0.2) is 40.8 Å². The van der Waals surface area contributed by atoms with Gasteiger partial charge < -0.3 is 24.8 Å². The van der Waals surface area contributed by atoms with Gasteiger partial charge in [-0.25, -0.2) is 13.6 Å². The highest BCUT2D eigenvalue weighted by Crippen LogP contribution is 2.18. The van der Waals surface area contributed by atoms with E-state index in [-0.39, 0.29) is 24.3 Å². The van der Waals surface area contributed by atoms with Crippen LogP contribution in [0.15, 0.2) is 30.3 Å². The lowest BCUT2D eigenvalue weighted by molar-refractivity contribution is -0.153. The van der Waals surface area contributed by atoms with Crippen molar-refractivity contribution < 1.29 is 37.9 Å². The summed E-state index contributed by atoms with van der Waals surface area (Å²) in [6, 6.07) is 4.79. The SMILES string of the molecule is Cc1c(C(=O)NC(C(=O)OCc2ccc(F)c(F)c2)C(C)(C)O)ccc2c1B(O)OC2. The number of fused-ring (bicyclic) bond motifs is 1. The fourth-order valence-corrected chi connectivity index (χ4v) is 3.35. The van der Waals surface area contributed by atoms with Gasteiger partial charge in [0.2, 0.25) is 0 Å². The highest BCUT2D eigenvalue weighted by Gasteiger charge is 2.37. The summed E-state index contributed by atoms with van der Waals surface area (Å²) < 4.78 is 36.6. The number of esters is 1. The molecule has 10 heteroatoms. The Morgan fingerprint density at radius 2 is 1.97 bits per heavy atom. The third-order valence-corrected chi connectivity index (χ3v) is 5.08. The number of hydrogen-bond donors (Lipinski definition) is 3. The maximum Gasteiger partial charge on any atom is 0.492 e. The molecule has 1 unspecified atom stereocenters. The molecule has 7 nitrogen and oxygen atoms in total. The van der Waals surface area contributed by atoms with Crippen LogP contribution in [0, 0.1) is 18.6 Å². The fourth-order valence-electron chi connectivity index (χ4n) is 3.35. The van der Waals surface area contributed by atoms with Gasteiger partial charge in [0, 0.05) is 5.56 Å². The molecule has 0 spiro atoms. The summed E-state index contributed by atoms with van der Waals surface area (Å²) in [6.07, 6.45) is 0. The molecule has 3 N–H and O–H groups in total. The summed E-state index contributed by atoms with van der Waals surface area (Å²) in [5.41, 5.74) is 0.459. The third kappa shape index (κ3) is 4.92. The maximum absolute atomic E-state index is 13.3. The number of halogens is 2. The lowest BCUT2D eigenvalue weighted by Gasteiger charge is -2.28. The van der Waals surface area contributed by atoms with E-state index in [0.717, 1.165) is 17.7 Å². The van der Waals surface area contributed by atoms with Crippen LogP contribution in [0.4, 0.5) is 8.78 Å². The van der Waals surface area contributed by atoms with Gasteiger partial charge in [0.25, 0.3) is 5.91 Å². The topological polar surface area (TPSA) is 105 Å². The summed E-state index contributed by atoms with van der Waals surface area (Å²) in [5.74, 6) is -3.72. The molecule has 0 fully saturated rings. The average Bonchev–Trinajstić information content (AvgIpc) is 3.07. The summed E-state index contributed by atoms with van der Waals surface area (Å²) in [7, 11) is -1.14. The predicted octanol–water partition coefficient (Wildman–Crippen LogP) is 1.10. The van der Waals surface area contributed by atoms with E-state index in [1.54, 1.807) is 19.1 Å². The normalized spacial score (nSPS) is 14.2. The zero-order valence-corrected chi connectivity index (χ0v) is 17.2. The Bertz CT molecular complexity index is 1020. The number of benzene rings is 2. The fraction of sp³-hybridized carbons (Fsp3) is 0.333. The number of amides is 1. The van der Waals surface area contributed by atoms with Crippen LogP contribution in [0.1, 0.15) is 40.9 Å². The molecule has 1 heterocycles. The van der Waals surface area contributed by atoms with E-state index in [0.29, 0.717) is 11.0 Å². The summed E-state index contributed by atoms with van der Waals surface area (Å²) in [5, 5.41) is 22.8. The molecule has 1 atom stereocenters. The van der Waals surface area contributed by atoms with Gasteiger partial charge >= 0.3 is 13.1 Å². The Labute approximate surface area is 178 Å². The zero-order valence-electron chi connectivity index (χ0n) is 17.2. The minimum absolute atomic E-state index is 0.200. The van der Waals surface area contributed by atoms with Gasteiger partial charge in [-0.2, -0.15) is 0 Å². The second-order valence-electron chi connectivity index (χ2n) is 7.89. The van der Waals surface area contributed by atoms with Crippen LogP contribution in [0.2, 0.25) is 0 Å². The van der Waals surface area contributed by atoms with Crippen molar-refractivity contribution in [3.8, 4) is 0 Å². The van der Waals surface area contributed by atoms with Crippen LogP contribution >= 0.6 is 0 Å². The van der Waals surface area contributed by atoms with Gasteiger partial charge in [0.05, 0.1) is 12.2 Å². The molecule has 1 aliphatic rings. The quantitative estimate of drug-likeness (QED) is 0.466. The van der Waals surface area contributed by atoms with E-state index in [2.05, 4.69) is 5.32 Å². The van der Waals surface area contributed by atoms with Crippen molar-refractivity contribution in [2.45, 2.75) is 45.6 Å². The minimum atomic E-state index is -1.69. The van der Waals surface area contributed by atoms with Gasteiger partial charge in [-0.3, -0.25) is 4.79 Å². The molecule has 1 aliphatic heterocycles. The zero-order chi connectivity index (χ0) is 22.9. The number of ether oxygens (including phenoxy) is 1. The molecule has 0 aromatic heterocycles. The Balaban J connectivity index is 1.75. The molecule has 1 amide bonds. The lowest BCUT2D eigenvalue weighted by atomic mass is 9.75. The first-order valence-corrected chi connectivity index (χ1v) is 9.55. The molecule has 164 valence electrons. The molecule has 0 aliphatic carbocycles. The molecule has 0 bridgehead atoms. The third-order valence-electron chi connectivity index (χ3n) is 5.08. The van der Waals surface area contributed by atoms with Crippen molar-refractivity contribution in [2.24, 2.45) is 0 Å². The highest BCUT2D eigenvalue weighted by atomic mass is 19.2. The van der Waals surface area contributed by atoms with E-state index in [9.17, 15) is 28.5 Å². The van der Waals surface area contributed by atoms with E-state index in [4.69, 9.17) is 9.39 Å². The van der Waals surface area contributed by atoms with Crippen molar-refractivity contribution in [3.05, 3.63) is 64.2 Å². The monoisotopic (exact) mass is 433 g/mol. The van der Waals surface area contributed by atoms with Crippen molar-refractivity contribution >= 4 is 24.5 Å². The Morgan fingerprint density at radius 3 is 2.61 bits per heavy atom. The molecule has 3 rings (SSSR count). The van der Waals surface area contributed by atoms with Crippen LogP contribution < -0.4 is 10.8 Å². The molecule has 0 saturated carbocycles. The number of rotatable bonds is 6. The smallest absolute Gasteiger partial charge is 0.459 e. The summed E-state index contributed by atoms with van der Waals surface area (Å²) in [6.45, 7) is 4.14. The van der Waals surface area contributed by atoms with Gasteiger partial charge in [-0.05, 0) is 61.1 Å². The number of carbonyl (C=O) groups is 2. The van der Waals surface area contributed by atoms with Gasteiger partial charge in [0.1, 0.15) is 6.61 Å². The lowest BCUT2D eigenvalue weighted by Crippen LogP contribution is -2.55. The van der Waals surface area contributed by atoms with Gasteiger partial charge in [-0.1, -0.05) is 12.1 Å². The Kier molecular flexibility index (Phi) is 6.44. The average molecular weight is 433 g/mol. The number of nitrogens with one attached hydrogen (secondary N) is 1. The summed E-state index contributed by atoms with van der Waals surface area (Å²) >= 11 is 0.